The van der Waals surface area contributed by atoms with Crippen LogP contribution >= 0.6 is 27.5 Å². The van der Waals surface area contributed by atoms with Crippen LogP contribution in [0.5, 0.6) is 5.75 Å². The van der Waals surface area contributed by atoms with Crippen LogP contribution in [-0.4, -0.2) is 30.3 Å². The minimum atomic E-state index is -0.678. The predicted molar refractivity (Wildman–Crippen MR) is 103 cm³/mol. The van der Waals surface area contributed by atoms with E-state index in [4.69, 9.17) is 16.3 Å². The van der Waals surface area contributed by atoms with Crippen LogP contribution in [0.4, 0.5) is 0 Å². The molecule has 4 nitrogen and oxygen atoms in total. The topological polar surface area (TPSA) is 58.6 Å². The number of halogens is 2. The zero-order valence-corrected chi connectivity index (χ0v) is 16.3. The summed E-state index contributed by atoms with van der Waals surface area (Å²) in [5.74, 6) is 0.152. The van der Waals surface area contributed by atoms with Crippen LogP contribution in [-0.2, 0) is 11.2 Å². The quantitative estimate of drug-likeness (QED) is 0.674. The van der Waals surface area contributed by atoms with Gasteiger partial charge in [-0.15, -0.1) is 0 Å². The number of nitrogens with one attached hydrogen (secondary N) is 1. The first-order valence-electron chi connectivity index (χ1n) is 8.04. The Morgan fingerprint density at radius 1 is 1.24 bits per heavy atom. The molecule has 0 aliphatic heterocycles. The maximum Gasteiger partial charge on any atom is 0.260 e. The third-order valence-corrected chi connectivity index (χ3v) is 4.89. The number of benzene rings is 2. The second kappa shape index (κ2) is 9.80. The highest BCUT2D eigenvalue weighted by Crippen LogP contribution is 2.24. The molecule has 0 aliphatic carbocycles. The van der Waals surface area contributed by atoms with Crippen LogP contribution in [0.15, 0.2) is 53.0 Å². The van der Waals surface area contributed by atoms with Gasteiger partial charge in [0.2, 0.25) is 0 Å². The number of amides is 1. The molecule has 0 saturated heterocycles. The van der Waals surface area contributed by atoms with Crippen molar-refractivity contribution in [3.63, 3.8) is 0 Å². The van der Waals surface area contributed by atoms with Crippen LogP contribution in [0, 0.1) is 5.92 Å². The van der Waals surface area contributed by atoms with Gasteiger partial charge >= 0.3 is 0 Å². The lowest BCUT2D eigenvalue weighted by Gasteiger charge is -2.19. The Bertz CT molecular complexity index is 711. The number of aliphatic hydroxyl groups excluding tert-OH is 1. The summed E-state index contributed by atoms with van der Waals surface area (Å²) >= 11 is 9.53. The summed E-state index contributed by atoms with van der Waals surface area (Å²) < 4.78 is 6.59. The molecule has 2 aromatic rings. The van der Waals surface area contributed by atoms with Crippen LogP contribution in [0.1, 0.15) is 12.5 Å². The lowest BCUT2D eigenvalue weighted by molar-refractivity contribution is -0.127. The summed E-state index contributed by atoms with van der Waals surface area (Å²) in [6, 6.07) is 14.9. The standard InChI is InChI=1S/C19H21BrClNO3/c1-13(25-18-9-5-4-8-17(18)21)19(24)22-11-14(12-23)10-15-6-2-3-7-16(15)20/h2-9,13-14,23H,10-12H2,1H3,(H,22,24)/t13-,14-/m0/s1. The van der Waals surface area contributed by atoms with Gasteiger partial charge in [-0.1, -0.05) is 57.9 Å². The first-order chi connectivity index (χ1) is 12.0. The van der Waals surface area contributed by atoms with Gasteiger partial charge in [0, 0.05) is 23.5 Å². The molecule has 0 heterocycles. The highest BCUT2D eigenvalue weighted by molar-refractivity contribution is 9.10. The Morgan fingerprint density at radius 3 is 2.60 bits per heavy atom. The molecule has 0 aromatic heterocycles. The van der Waals surface area contributed by atoms with Crippen molar-refractivity contribution in [2.24, 2.45) is 5.92 Å². The Kier molecular flexibility index (Phi) is 7.75. The largest absolute Gasteiger partial charge is 0.479 e. The number of aliphatic hydroxyl groups is 1. The Morgan fingerprint density at radius 2 is 1.92 bits per heavy atom. The van der Waals surface area contributed by atoms with E-state index in [1.165, 1.54) is 0 Å². The lowest BCUT2D eigenvalue weighted by Crippen LogP contribution is -2.40. The van der Waals surface area contributed by atoms with Crippen molar-refractivity contribution in [3.05, 3.63) is 63.6 Å². The van der Waals surface area contributed by atoms with E-state index in [-0.39, 0.29) is 18.4 Å². The van der Waals surface area contributed by atoms with Gasteiger partial charge in [-0.2, -0.15) is 0 Å². The Hall–Kier alpha value is -1.56. The number of hydrogen-bond donors (Lipinski definition) is 2. The van der Waals surface area contributed by atoms with Gasteiger partial charge in [0.1, 0.15) is 5.75 Å². The first kappa shape index (κ1) is 19.8. The summed E-state index contributed by atoms with van der Waals surface area (Å²) in [4.78, 5) is 12.2. The predicted octanol–water partition coefficient (Wildman–Crippen LogP) is 3.84. The molecule has 134 valence electrons. The minimum absolute atomic E-state index is 0.0125. The molecule has 1 amide bonds. The lowest BCUT2D eigenvalue weighted by atomic mass is 10.00. The van der Waals surface area contributed by atoms with Crippen LogP contribution < -0.4 is 10.1 Å². The monoisotopic (exact) mass is 425 g/mol. The molecule has 25 heavy (non-hydrogen) atoms. The smallest absolute Gasteiger partial charge is 0.260 e. The molecule has 0 radical (unpaired) electrons. The average Bonchev–Trinajstić information content (AvgIpc) is 2.61. The maximum atomic E-state index is 12.2. The average molecular weight is 427 g/mol. The third kappa shape index (κ3) is 6.03. The minimum Gasteiger partial charge on any atom is -0.479 e. The number of rotatable bonds is 8. The van der Waals surface area contributed by atoms with E-state index in [2.05, 4.69) is 21.2 Å². The van der Waals surface area contributed by atoms with Gasteiger partial charge in [-0.3, -0.25) is 4.79 Å². The molecule has 0 spiro atoms. The van der Waals surface area contributed by atoms with Crippen molar-refractivity contribution in [2.75, 3.05) is 13.2 Å². The van der Waals surface area contributed by atoms with Gasteiger partial charge < -0.3 is 15.2 Å². The van der Waals surface area contributed by atoms with E-state index in [1.54, 1.807) is 31.2 Å². The van der Waals surface area contributed by atoms with E-state index in [1.807, 2.05) is 24.3 Å². The number of carbonyl (C=O) groups excluding carboxylic acids is 1. The number of ether oxygens (including phenoxy) is 1. The number of carbonyl (C=O) groups is 1. The summed E-state index contributed by atoms with van der Waals surface area (Å²) in [6.45, 7) is 2.02. The zero-order chi connectivity index (χ0) is 18.2. The molecular formula is C19H21BrClNO3. The van der Waals surface area contributed by atoms with E-state index >= 15 is 0 Å². The Labute approximate surface area is 161 Å². The molecule has 0 unspecified atom stereocenters. The SMILES string of the molecule is C[C@H](Oc1ccccc1Cl)C(=O)NC[C@@H](CO)Cc1ccccc1Br. The highest BCUT2D eigenvalue weighted by Gasteiger charge is 2.18. The summed E-state index contributed by atoms with van der Waals surface area (Å²) in [7, 11) is 0. The molecule has 2 aromatic carbocycles. The second-order valence-electron chi connectivity index (χ2n) is 5.78. The summed E-state index contributed by atoms with van der Waals surface area (Å²) in [5.41, 5.74) is 1.09. The van der Waals surface area contributed by atoms with Crippen molar-refractivity contribution in [1.82, 2.24) is 5.32 Å². The second-order valence-corrected chi connectivity index (χ2v) is 7.04. The van der Waals surface area contributed by atoms with Crippen LogP contribution in [0.3, 0.4) is 0 Å². The first-order valence-corrected chi connectivity index (χ1v) is 9.21. The van der Waals surface area contributed by atoms with Crippen LogP contribution in [0.25, 0.3) is 0 Å². The van der Waals surface area contributed by atoms with Gasteiger partial charge in [0.25, 0.3) is 5.91 Å². The van der Waals surface area contributed by atoms with E-state index in [0.29, 0.717) is 23.7 Å². The van der Waals surface area contributed by atoms with Gasteiger partial charge in [-0.25, -0.2) is 0 Å². The Balaban J connectivity index is 1.87. The summed E-state index contributed by atoms with van der Waals surface area (Å²) in [6.07, 6.45) is -0.0134. The van der Waals surface area contributed by atoms with Crippen molar-refractivity contribution >= 4 is 33.4 Å². The molecule has 0 bridgehead atoms. The summed E-state index contributed by atoms with van der Waals surface area (Å²) in [5, 5.41) is 12.9. The molecule has 6 heteroatoms. The van der Waals surface area contributed by atoms with Crippen molar-refractivity contribution in [3.8, 4) is 5.75 Å². The van der Waals surface area contributed by atoms with E-state index in [0.717, 1.165) is 10.0 Å². The molecule has 0 saturated carbocycles. The van der Waals surface area contributed by atoms with Crippen molar-refractivity contribution in [2.45, 2.75) is 19.4 Å². The number of hydrogen-bond acceptors (Lipinski definition) is 3. The maximum absolute atomic E-state index is 12.2. The van der Waals surface area contributed by atoms with E-state index < -0.39 is 6.10 Å². The van der Waals surface area contributed by atoms with Crippen molar-refractivity contribution < 1.29 is 14.6 Å². The van der Waals surface area contributed by atoms with E-state index in [9.17, 15) is 9.90 Å². The molecule has 2 atom stereocenters. The fraction of sp³-hybridized carbons (Fsp3) is 0.316. The van der Waals surface area contributed by atoms with Gasteiger partial charge in [0.05, 0.1) is 5.02 Å². The zero-order valence-electron chi connectivity index (χ0n) is 13.9. The van der Waals surface area contributed by atoms with Gasteiger partial charge in [-0.05, 0) is 37.1 Å². The molecule has 2 rings (SSSR count). The number of para-hydroxylation sites is 1. The highest BCUT2D eigenvalue weighted by atomic mass is 79.9. The fourth-order valence-electron chi connectivity index (χ4n) is 2.35. The van der Waals surface area contributed by atoms with Gasteiger partial charge in [0.15, 0.2) is 6.10 Å². The van der Waals surface area contributed by atoms with Crippen LogP contribution in [0.2, 0.25) is 5.02 Å². The molecule has 2 N–H and O–H groups in total. The molecule has 0 aliphatic rings. The molecule has 0 fully saturated rings. The normalized spacial score (nSPS) is 13.1. The fourth-order valence-corrected chi connectivity index (χ4v) is 2.98. The van der Waals surface area contributed by atoms with Crippen molar-refractivity contribution in [1.29, 1.82) is 0 Å². The molecular weight excluding hydrogens is 406 g/mol. The third-order valence-electron chi connectivity index (χ3n) is 3.80.